The van der Waals surface area contributed by atoms with E-state index < -0.39 is 11.5 Å². The lowest BCUT2D eigenvalue weighted by atomic mass is 10.1. The molecular formula is C25H31ClN4O4. The van der Waals surface area contributed by atoms with E-state index >= 15 is 0 Å². The Morgan fingerprint density at radius 3 is 2.29 bits per heavy atom. The van der Waals surface area contributed by atoms with E-state index in [1.165, 1.54) is 17.0 Å². The second-order valence-electron chi connectivity index (χ2n) is 8.72. The fraction of sp³-hybridized carbons (Fsp3) is 0.320. The SMILES string of the molecule is CN/C=C\C(N)=NC(=O)c1cc(Oc2ccc(C(=O)N(C)C)cc2Cl)c(C)c(OC(C)(C)C)c1. The second-order valence-corrected chi connectivity index (χ2v) is 9.13. The minimum atomic E-state index is -0.556. The summed E-state index contributed by atoms with van der Waals surface area (Å²) >= 11 is 6.40. The molecule has 34 heavy (non-hydrogen) atoms. The number of rotatable bonds is 7. The Balaban J connectivity index is 2.51. The van der Waals surface area contributed by atoms with E-state index in [0.717, 1.165) is 0 Å². The Morgan fingerprint density at radius 2 is 1.74 bits per heavy atom. The Bertz CT molecular complexity index is 1130. The van der Waals surface area contributed by atoms with E-state index in [2.05, 4.69) is 10.3 Å². The maximum Gasteiger partial charge on any atom is 0.279 e. The molecule has 2 rings (SSSR count). The number of ether oxygens (including phenoxy) is 2. The molecule has 0 radical (unpaired) electrons. The average molecular weight is 487 g/mol. The van der Waals surface area contributed by atoms with Crippen LogP contribution in [-0.2, 0) is 0 Å². The van der Waals surface area contributed by atoms with Gasteiger partial charge in [0.05, 0.1) is 5.02 Å². The number of aliphatic imine (C=N–C) groups is 1. The van der Waals surface area contributed by atoms with Crippen molar-refractivity contribution in [1.82, 2.24) is 10.2 Å². The Morgan fingerprint density at radius 1 is 1.09 bits per heavy atom. The van der Waals surface area contributed by atoms with Crippen molar-refractivity contribution in [3.05, 3.63) is 64.3 Å². The fourth-order valence-corrected chi connectivity index (χ4v) is 3.03. The van der Waals surface area contributed by atoms with Gasteiger partial charge in [-0.25, -0.2) is 0 Å². The molecule has 2 aromatic carbocycles. The van der Waals surface area contributed by atoms with Crippen LogP contribution >= 0.6 is 11.6 Å². The third-order valence-corrected chi connectivity index (χ3v) is 4.73. The zero-order chi connectivity index (χ0) is 25.6. The van der Waals surface area contributed by atoms with Gasteiger partial charge in [-0.2, -0.15) is 4.99 Å². The first-order valence-electron chi connectivity index (χ1n) is 10.6. The number of hydrogen-bond donors (Lipinski definition) is 2. The molecule has 0 unspecified atom stereocenters. The van der Waals surface area contributed by atoms with Crippen LogP contribution in [0.5, 0.6) is 17.2 Å². The van der Waals surface area contributed by atoms with Crippen LogP contribution in [0.1, 0.15) is 47.1 Å². The number of halogens is 1. The summed E-state index contributed by atoms with van der Waals surface area (Å²) in [7, 11) is 5.03. The van der Waals surface area contributed by atoms with E-state index in [-0.39, 0.29) is 22.3 Å². The van der Waals surface area contributed by atoms with Crippen molar-refractivity contribution in [1.29, 1.82) is 0 Å². The van der Waals surface area contributed by atoms with Crippen molar-refractivity contribution in [3.63, 3.8) is 0 Å². The van der Waals surface area contributed by atoms with Crippen LogP contribution in [-0.4, -0.2) is 49.3 Å². The van der Waals surface area contributed by atoms with Gasteiger partial charge in [0.1, 0.15) is 28.7 Å². The van der Waals surface area contributed by atoms with Crippen LogP contribution < -0.4 is 20.5 Å². The van der Waals surface area contributed by atoms with E-state index in [1.54, 1.807) is 51.6 Å². The largest absolute Gasteiger partial charge is 0.488 e. The summed E-state index contributed by atoms with van der Waals surface area (Å²) in [6.07, 6.45) is 3.04. The number of amides is 2. The quantitative estimate of drug-likeness (QED) is 0.439. The van der Waals surface area contributed by atoms with Gasteiger partial charge < -0.3 is 25.4 Å². The second kappa shape index (κ2) is 11.1. The van der Waals surface area contributed by atoms with E-state index in [9.17, 15) is 9.59 Å². The summed E-state index contributed by atoms with van der Waals surface area (Å²) in [5.74, 6) is 0.457. The standard InChI is InChI=1S/C25H31ClN4O4/c1-15-20(33-19-9-8-16(12-18(19)26)24(32)30(6)7)13-17(14-21(15)34-25(2,3)4)23(31)29-22(27)10-11-28-5/h8-14,28H,1-7H3,(H2,27,29,31)/b11-10-. The molecule has 0 fully saturated rings. The van der Waals surface area contributed by atoms with Crippen LogP contribution in [0, 0.1) is 6.92 Å². The van der Waals surface area contributed by atoms with Gasteiger partial charge in [-0.3, -0.25) is 9.59 Å². The summed E-state index contributed by atoms with van der Waals surface area (Å²) in [5, 5.41) is 3.04. The third-order valence-electron chi connectivity index (χ3n) is 4.43. The minimum absolute atomic E-state index is 0.0462. The maximum absolute atomic E-state index is 12.8. The molecule has 9 heteroatoms. The topological polar surface area (TPSA) is 106 Å². The van der Waals surface area contributed by atoms with Gasteiger partial charge in [0.25, 0.3) is 11.8 Å². The number of hydrogen-bond acceptors (Lipinski definition) is 5. The zero-order valence-electron chi connectivity index (χ0n) is 20.5. The van der Waals surface area contributed by atoms with Crippen LogP contribution in [0.25, 0.3) is 0 Å². The summed E-state index contributed by atoms with van der Waals surface area (Å²) in [6.45, 7) is 7.52. The van der Waals surface area contributed by atoms with Crippen molar-refractivity contribution < 1.29 is 19.1 Å². The molecule has 3 N–H and O–H groups in total. The number of carbonyl (C=O) groups is 2. The molecule has 0 aliphatic carbocycles. The van der Waals surface area contributed by atoms with Gasteiger partial charge in [-0.05, 0) is 70.3 Å². The van der Waals surface area contributed by atoms with E-state index in [4.69, 9.17) is 26.8 Å². The van der Waals surface area contributed by atoms with Gasteiger partial charge in [0.15, 0.2) is 0 Å². The van der Waals surface area contributed by atoms with Gasteiger partial charge in [0.2, 0.25) is 0 Å². The van der Waals surface area contributed by atoms with Crippen LogP contribution in [0.3, 0.4) is 0 Å². The molecule has 0 spiro atoms. The number of nitrogens with two attached hydrogens (primary N) is 1. The van der Waals surface area contributed by atoms with Gasteiger partial charge in [-0.15, -0.1) is 0 Å². The van der Waals surface area contributed by atoms with Crippen LogP contribution in [0.15, 0.2) is 47.6 Å². The monoisotopic (exact) mass is 486 g/mol. The van der Waals surface area contributed by atoms with Crippen molar-refractivity contribution >= 4 is 29.3 Å². The summed E-state index contributed by atoms with van der Waals surface area (Å²) in [6, 6.07) is 7.93. The molecule has 0 bridgehead atoms. The maximum atomic E-state index is 12.8. The minimum Gasteiger partial charge on any atom is -0.488 e. The van der Waals surface area contributed by atoms with Gasteiger partial charge >= 0.3 is 0 Å². The highest BCUT2D eigenvalue weighted by Crippen LogP contribution is 2.37. The first-order chi connectivity index (χ1) is 15.8. The molecule has 0 atom stereocenters. The fourth-order valence-electron chi connectivity index (χ4n) is 2.81. The van der Waals surface area contributed by atoms with Gasteiger partial charge in [-0.1, -0.05) is 11.6 Å². The molecule has 0 aliphatic heterocycles. The predicted molar refractivity (Wildman–Crippen MR) is 135 cm³/mol. The summed E-state index contributed by atoms with van der Waals surface area (Å²) in [5.41, 5.74) is 6.61. The lowest BCUT2D eigenvalue weighted by molar-refractivity contribution is 0.0827. The normalized spacial score (nSPS) is 11.9. The predicted octanol–water partition coefficient (Wildman–Crippen LogP) is 4.55. The number of benzene rings is 2. The van der Waals surface area contributed by atoms with Crippen LogP contribution in [0.2, 0.25) is 5.02 Å². The molecule has 182 valence electrons. The Kier molecular flexibility index (Phi) is 8.70. The zero-order valence-corrected chi connectivity index (χ0v) is 21.3. The Hall–Kier alpha value is -3.52. The number of amidine groups is 1. The number of nitrogens with zero attached hydrogens (tertiary/aromatic N) is 2. The smallest absolute Gasteiger partial charge is 0.279 e. The molecule has 0 heterocycles. The highest BCUT2D eigenvalue weighted by molar-refractivity contribution is 6.32. The van der Waals surface area contributed by atoms with Crippen molar-refractivity contribution in [2.45, 2.75) is 33.3 Å². The molecule has 8 nitrogen and oxygen atoms in total. The molecule has 0 saturated heterocycles. The third kappa shape index (κ3) is 7.25. The Labute approximate surface area is 205 Å². The number of nitrogens with one attached hydrogen (secondary N) is 1. The number of carbonyl (C=O) groups excluding carboxylic acids is 2. The van der Waals surface area contributed by atoms with Crippen LogP contribution in [0.4, 0.5) is 0 Å². The molecule has 0 aromatic heterocycles. The van der Waals surface area contributed by atoms with Crippen molar-refractivity contribution in [3.8, 4) is 17.2 Å². The highest BCUT2D eigenvalue weighted by atomic mass is 35.5. The summed E-state index contributed by atoms with van der Waals surface area (Å²) < 4.78 is 12.1. The lowest BCUT2D eigenvalue weighted by Crippen LogP contribution is -2.23. The molecule has 2 amide bonds. The first-order valence-corrected chi connectivity index (χ1v) is 10.9. The lowest BCUT2D eigenvalue weighted by Gasteiger charge is -2.24. The summed E-state index contributed by atoms with van der Waals surface area (Å²) in [4.78, 5) is 30.4. The molecule has 0 aliphatic rings. The van der Waals surface area contributed by atoms with E-state index in [0.29, 0.717) is 28.4 Å². The van der Waals surface area contributed by atoms with Crippen molar-refractivity contribution in [2.24, 2.45) is 10.7 Å². The first kappa shape index (κ1) is 26.7. The van der Waals surface area contributed by atoms with Crippen molar-refractivity contribution in [2.75, 3.05) is 21.1 Å². The average Bonchev–Trinajstić information content (AvgIpc) is 2.74. The van der Waals surface area contributed by atoms with Gasteiger partial charge in [0, 0.05) is 37.8 Å². The molecule has 0 saturated carbocycles. The van der Waals surface area contributed by atoms with E-state index in [1.807, 2.05) is 27.7 Å². The highest BCUT2D eigenvalue weighted by Gasteiger charge is 2.20. The molecule has 2 aromatic rings. The molecular weight excluding hydrogens is 456 g/mol.